The van der Waals surface area contributed by atoms with Gasteiger partial charge in [-0.2, -0.15) is 0 Å². The summed E-state index contributed by atoms with van der Waals surface area (Å²) in [6, 6.07) is 10.5. The Kier molecular flexibility index (Phi) is 5.69. The Morgan fingerprint density at radius 1 is 1.18 bits per heavy atom. The normalized spacial score (nSPS) is 23.2. The minimum atomic E-state index is 0.0569. The molecule has 0 spiro atoms. The lowest BCUT2D eigenvalue weighted by Gasteiger charge is -2.43. The highest BCUT2D eigenvalue weighted by Gasteiger charge is 2.40. The molecule has 3 unspecified atom stereocenters. The first-order valence-electron chi connectivity index (χ1n) is 9.72. The van der Waals surface area contributed by atoms with Crippen LogP contribution in [0.3, 0.4) is 0 Å². The fourth-order valence-corrected chi connectivity index (χ4v) is 4.88. The van der Waals surface area contributed by atoms with Gasteiger partial charge < -0.3 is 24.3 Å². The van der Waals surface area contributed by atoms with Crippen LogP contribution in [0.15, 0.2) is 34.8 Å². The number of benzene rings is 2. The number of rotatable bonds is 5. The molecule has 2 aromatic rings. The van der Waals surface area contributed by atoms with E-state index >= 15 is 0 Å². The third-order valence-corrected chi connectivity index (χ3v) is 6.16. The van der Waals surface area contributed by atoms with Gasteiger partial charge in [0.1, 0.15) is 5.75 Å². The molecule has 28 heavy (non-hydrogen) atoms. The van der Waals surface area contributed by atoms with E-state index in [1.165, 1.54) is 5.56 Å². The molecule has 0 bridgehead atoms. The quantitative estimate of drug-likeness (QED) is 0.655. The molecule has 5 nitrogen and oxygen atoms in total. The standard InChI is InChI=1S/C22H26BrNO4/c1-4-27-22-17(23)10-13(11-19(22)26-3)20-15-6-5-9-28-21(15)16-12-14(25-2)7-8-18(16)24-20/h7-8,10-12,15,20-21,24H,4-6,9H2,1-3H3. The molecular formula is C22H26BrNO4. The van der Waals surface area contributed by atoms with Crippen LogP contribution in [0.1, 0.15) is 43.0 Å². The molecule has 1 saturated heterocycles. The maximum atomic E-state index is 6.25. The van der Waals surface area contributed by atoms with Crippen molar-refractivity contribution in [2.75, 3.05) is 32.8 Å². The van der Waals surface area contributed by atoms with Gasteiger partial charge >= 0.3 is 0 Å². The molecule has 1 N–H and O–H groups in total. The third-order valence-electron chi connectivity index (χ3n) is 5.57. The number of methoxy groups -OCH3 is 2. The number of halogens is 1. The molecule has 0 aliphatic carbocycles. The fraction of sp³-hybridized carbons (Fsp3) is 0.455. The Labute approximate surface area is 174 Å². The molecule has 150 valence electrons. The molecular weight excluding hydrogens is 422 g/mol. The van der Waals surface area contributed by atoms with E-state index in [9.17, 15) is 0 Å². The number of ether oxygens (including phenoxy) is 4. The number of hydrogen-bond acceptors (Lipinski definition) is 5. The van der Waals surface area contributed by atoms with Gasteiger partial charge in [-0.1, -0.05) is 0 Å². The summed E-state index contributed by atoms with van der Waals surface area (Å²) >= 11 is 3.66. The van der Waals surface area contributed by atoms with Crippen molar-refractivity contribution >= 4 is 21.6 Å². The van der Waals surface area contributed by atoms with Crippen molar-refractivity contribution in [3.8, 4) is 17.2 Å². The van der Waals surface area contributed by atoms with Gasteiger partial charge in [0, 0.05) is 23.8 Å². The van der Waals surface area contributed by atoms with Crippen molar-refractivity contribution in [1.29, 1.82) is 0 Å². The second-order valence-corrected chi connectivity index (χ2v) is 7.99. The molecule has 0 saturated carbocycles. The lowest BCUT2D eigenvalue weighted by Crippen LogP contribution is -2.36. The first kappa shape index (κ1) is 19.4. The molecule has 0 aromatic heterocycles. The summed E-state index contributed by atoms with van der Waals surface area (Å²) in [5.74, 6) is 2.67. The van der Waals surface area contributed by atoms with E-state index in [-0.39, 0.29) is 12.1 Å². The molecule has 3 atom stereocenters. The van der Waals surface area contributed by atoms with Crippen LogP contribution in [-0.2, 0) is 4.74 Å². The Balaban J connectivity index is 1.76. The fourth-order valence-electron chi connectivity index (χ4n) is 4.31. The zero-order valence-corrected chi connectivity index (χ0v) is 18.0. The van der Waals surface area contributed by atoms with E-state index in [0.717, 1.165) is 52.4 Å². The van der Waals surface area contributed by atoms with Gasteiger partial charge in [0.05, 0.1) is 37.4 Å². The largest absolute Gasteiger partial charge is 0.497 e. The van der Waals surface area contributed by atoms with Gasteiger partial charge in [0.15, 0.2) is 11.5 Å². The second-order valence-electron chi connectivity index (χ2n) is 7.14. The van der Waals surface area contributed by atoms with Gasteiger partial charge in [-0.15, -0.1) is 0 Å². The monoisotopic (exact) mass is 447 g/mol. The zero-order chi connectivity index (χ0) is 19.7. The van der Waals surface area contributed by atoms with Gasteiger partial charge in [-0.05, 0) is 71.6 Å². The third kappa shape index (κ3) is 3.44. The minimum Gasteiger partial charge on any atom is -0.497 e. The molecule has 4 rings (SSSR count). The second kappa shape index (κ2) is 8.21. The molecule has 2 aliphatic rings. The van der Waals surface area contributed by atoms with Crippen molar-refractivity contribution in [2.45, 2.75) is 31.9 Å². The summed E-state index contributed by atoms with van der Waals surface area (Å²) in [5, 5.41) is 3.74. The van der Waals surface area contributed by atoms with Crippen LogP contribution in [0.2, 0.25) is 0 Å². The Hall–Kier alpha value is -1.92. The van der Waals surface area contributed by atoms with Crippen LogP contribution in [0.4, 0.5) is 5.69 Å². The average Bonchev–Trinajstić information content (AvgIpc) is 2.74. The maximum Gasteiger partial charge on any atom is 0.175 e. The van der Waals surface area contributed by atoms with E-state index in [0.29, 0.717) is 12.5 Å². The van der Waals surface area contributed by atoms with E-state index in [1.54, 1.807) is 14.2 Å². The van der Waals surface area contributed by atoms with Crippen LogP contribution in [0.25, 0.3) is 0 Å². The Morgan fingerprint density at radius 3 is 2.79 bits per heavy atom. The molecule has 2 aliphatic heterocycles. The van der Waals surface area contributed by atoms with Crippen LogP contribution < -0.4 is 19.5 Å². The van der Waals surface area contributed by atoms with Gasteiger partial charge in [0.2, 0.25) is 0 Å². The van der Waals surface area contributed by atoms with Crippen LogP contribution in [-0.4, -0.2) is 27.4 Å². The highest BCUT2D eigenvalue weighted by Crippen LogP contribution is 2.51. The highest BCUT2D eigenvalue weighted by molar-refractivity contribution is 9.10. The maximum absolute atomic E-state index is 6.25. The van der Waals surface area contributed by atoms with Crippen molar-refractivity contribution in [1.82, 2.24) is 0 Å². The number of fused-ring (bicyclic) bond motifs is 3. The van der Waals surface area contributed by atoms with E-state index in [4.69, 9.17) is 18.9 Å². The number of nitrogens with one attached hydrogen (secondary N) is 1. The molecule has 1 fully saturated rings. The van der Waals surface area contributed by atoms with Crippen molar-refractivity contribution in [3.05, 3.63) is 45.9 Å². The lowest BCUT2D eigenvalue weighted by atomic mass is 9.77. The van der Waals surface area contributed by atoms with Crippen LogP contribution in [0, 0.1) is 5.92 Å². The molecule has 0 radical (unpaired) electrons. The highest BCUT2D eigenvalue weighted by atomic mass is 79.9. The summed E-state index contributed by atoms with van der Waals surface area (Å²) in [7, 11) is 3.38. The molecule has 2 aromatic carbocycles. The van der Waals surface area contributed by atoms with Crippen molar-refractivity contribution in [2.24, 2.45) is 5.92 Å². The predicted molar refractivity (Wildman–Crippen MR) is 113 cm³/mol. The Bertz CT molecular complexity index is 857. The van der Waals surface area contributed by atoms with Gasteiger partial charge in [0.25, 0.3) is 0 Å². The average molecular weight is 448 g/mol. The van der Waals surface area contributed by atoms with Crippen molar-refractivity contribution in [3.63, 3.8) is 0 Å². The molecule has 2 heterocycles. The first-order chi connectivity index (χ1) is 13.7. The van der Waals surface area contributed by atoms with Crippen molar-refractivity contribution < 1.29 is 18.9 Å². The van der Waals surface area contributed by atoms with Crippen LogP contribution >= 0.6 is 15.9 Å². The SMILES string of the molecule is CCOc1c(Br)cc(C2Nc3ccc(OC)cc3C3OCCCC23)cc1OC. The van der Waals surface area contributed by atoms with E-state index in [1.807, 2.05) is 13.0 Å². The Morgan fingerprint density at radius 2 is 2.04 bits per heavy atom. The van der Waals surface area contributed by atoms with E-state index in [2.05, 4.69) is 45.5 Å². The van der Waals surface area contributed by atoms with Crippen LogP contribution in [0.5, 0.6) is 17.2 Å². The predicted octanol–water partition coefficient (Wildman–Crippen LogP) is 5.50. The first-order valence-corrected chi connectivity index (χ1v) is 10.5. The minimum absolute atomic E-state index is 0.0569. The summed E-state index contributed by atoms with van der Waals surface area (Å²) in [6.07, 6.45) is 2.22. The summed E-state index contributed by atoms with van der Waals surface area (Å²) < 4.78 is 24.0. The smallest absolute Gasteiger partial charge is 0.175 e. The van der Waals surface area contributed by atoms with Gasteiger partial charge in [-0.3, -0.25) is 0 Å². The summed E-state index contributed by atoms with van der Waals surface area (Å²) in [6.45, 7) is 3.35. The number of hydrogen-bond donors (Lipinski definition) is 1. The van der Waals surface area contributed by atoms with Gasteiger partial charge in [-0.25, -0.2) is 0 Å². The molecule has 6 heteroatoms. The lowest BCUT2D eigenvalue weighted by molar-refractivity contribution is -0.0382. The van der Waals surface area contributed by atoms with E-state index < -0.39 is 0 Å². The summed E-state index contributed by atoms with van der Waals surface area (Å²) in [5.41, 5.74) is 3.43. The topological polar surface area (TPSA) is 49.0 Å². The number of anilines is 1. The molecule has 0 amide bonds. The summed E-state index contributed by atoms with van der Waals surface area (Å²) in [4.78, 5) is 0. The zero-order valence-electron chi connectivity index (χ0n) is 16.5.